The van der Waals surface area contributed by atoms with E-state index < -0.39 is 0 Å². The van der Waals surface area contributed by atoms with Crippen molar-refractivity contribution in [3.8, 4) is 0 Å². The summed E-state index contributed by atoms with van der Waals surface area (Å²) < 4.78 is 10.8. The summed E-state index contributed by atoms with van der Waals surface area (Å²) in [6, 6.07) is 5.87. The fourth-order valence-electron chi connectivity index (χ4n) is 1.72. The molecule has 1 heterocycles. The molecule has 0 spiro atoms. The van der Waals surface area contributed by atoms with Crippen LogP contribution in [0.4, 0.5) is 0 Å². The van der Waals surface area contributed by atoms with Crippen LogP contribution in [0, 0.1) is 0 Å². The third kappa shape index (κ3) is 10.1. The lowest BCUT2D eigenvalue weighted by atomic mass is 10.3. The van der Waals surface area contributed by atoms with Crippen LogP contribution in [0.2, 0.25) is 0 Å². The lowest BCUT2D eigenvalue weighted by Crippen LogP contribution is -2.33. The van der Waals surface area contributed by atoms with E-state index in [1.54, 1.807) is 6.20 Å². The van der Waals surface area contributed by atoms with E-state index in [0.717, 1.165) is 38.1 Å². The predicted molar refractivity (Wildman–Crippen MR) is 89.0 cm³/mol. The largest absolute Gasteiger partial charge is 0.379 e. The van der Waals surface area contributed by atoms with Gasteiger partial charge in [-0.25, -0.2) is 0 Å². The minimum absolute atomic E-state index is 0.443. The molecule has 0 aliphatic rings. The van der Waals surface area contributed by atoms with Gasteiger partial charge in [0.15, 0.2) is 5.96 Å². The van der Waals surface area contributed by atoms with E-state index in [1.165, 1.54) is 0 Å². The summed E-state index contributed by atoms with van der Waals surface area (Å²) in [5.41, 5.74) is 6.81. The van der Waals surface area contributed by atoms with E-state index in [2.05, 4.69) is 22.2 Å². The first-order valence-electron chi connectivity index (χ1n) is 7.92. The number of pyridine rings is 1. The molecule has 6 heteroatoms. The summed E-state index contributed by atoms with van der Waals surface area (Å²) in [5, 5.41) is 3.06. The predicted octanol–water partition coefficient (Wildman–Crippen LogP) is 1.36. The minimum Gasteiger partial charge on any atom is -0.379 e. The van der Waals surface area contributed by atoms with Crippen LogP contribution in [0.5, 0.6) is 0 Å². The van der Waals surface area contributed by atoms with Crippen molar-refractivity contribution in [3.05, 3.63) is 30.1 Å². The Morgan fingerprint density at radius 2 is 2.05 bits per heavy atom. The number of ether oxygens (including phenoxy) is 2. The molecule has 1 aromatic heterocycles. The van der Waals surface area contributed by atoms with Gasteiger partial charge in [0.2, 0.25) is 0 Å². The van der Waals surface area contributed by atoms with Crippen LogP contribution in [0.1, 0.15) is 25.5 Å². The average molecular weight is 308 g/mol. The smallest absolute Gasteiger partial charge is 0.188 e. The van der Waals surface area contributed by atoms with Gasteiger partial charge in [0.25, 0.3) is 0 Å². The van der Waals surface area contributed by atoms with Crippen LogP contribution in [0.3, 0.4) is 0 Å². The highest BCUT2D eigenvalue weighted by molar-refractivity contribution is 5.77. The van der Waals surface area contributed by atoms with Gasteiger partial charge in [0.05, 0.1) is 26.4 Å². The number of aliphatic imine (C=N–C) groups is 1. The second-order valence-corrected chi connectivity index (χ2v) is 4.84. The zero-order valence-corrected chi connectivity index (χ0v) is 13.5. The Bertz CT molecular complexity index is 398. The first-order valence-corrected chi connectivity index (χ1v) is 7.92. The van der Waals surface area contributed by atoms with Crippen molar-refractivity contribution in [3.63, 3.8) is 0 Å². The van der Waals surface area contributed by atoms with E-state index in [1.807, 2.05) is 18.2 Å². The maximum atomic E-state index is 5.77. The van der Waals surface area contributed by atoms with E-state index in [9.17, 15) is 0 Å². The highest BCUT2D eigenvalue weighted by atomic mass is 16.5. The number of nitrogens with two attached hydrogens (primary N) is 1. The van der Waals surface area contributed by atoms with Crippen molar-refractivity contribution in [2.45, 2.75) is 26.2 Å². The molecule has 0 radical (unpaired) electrons. The van der Waals surface area contributed by atoms with E-state index >= 15 is 0 Å². The topological polar surface area (TPSA) is 81.8 Å². The zero-order chi connectivity index (χ0) is 15.9. The third-order valence-electron chi connectivity index (χ3n) is 2.95. The summed E-state index contributed by atoms with van der Waals surface area (Å²) in [5.74, 6) is 0.443. The first kappa shape index (κ1) is 18.4. The van der Waals surface area contributed by atoms with Crippen LogP contribution in [0.15, 0.2) is 29.4 Å². The number of nitrogens with zero attached hydrogens (tertiary/aromatic N) is 2. The quantitative estimate of drug-likeness (QED) is 0.346. The Morgan fingerprint density at radius 3 is 2.77 bits per heavy atom. The molecule has 22 heavy (non-hydrogen) atoms. The number of unbranched alkanes of at least 4 members (excludes halogenated alkanes) is 1. The van der Waals surface area contributed by atoms with Crippen molar-refractivity contribution in [1.82, 2.24) is 10.3 Å². The lowest BCUT2D eigenvalue weighted by molar-refractivity contribution is 0.0497. The Balaban J connectivity index is 1.94. The zero-order valence-electron chi connectivity index (χ0n) is 13.5. The summed E-state index contributed by atoms with van der Waals surface area (Å²) in [6.45, 7) is 6.03. The molecule has 0 unspecified atom stereocenters. The number of guanidine groups is 1. The Labute approximate surface area is 133 Å². The molecular formula is C16H28N4O2. The van der Waals surface area contributed by atoms with E-state index in [-0.39, 0.29) is 0 Å². The van der Waals surface area contributed by atoms with Gasteiger partial charge in [0.1, 0.15) is 0 Å². The third-order valence-corrected chi connectivity index (χ3v) is 2.95. The van der Waals surface area contributed by atoms with Gasteiger partial charge in [0, 0.05) is 31.5 Å². The van der Waals surface area contributed by atoms with Crippen LogP contribution in [-0.2, 0) is 15.9 Å². The molecule has 0 aromatic carbocycles. The van der Waals surface area contributed by atoms with Crippen molar-refractivity contribution in [1.29, 1.82) is 0 Å². The molecule has 0 aliphatic heterocycles. The summed E-state index contributed by atoms with van der Waals surface area (Å²) >= 11 is 0. The SMILES string of the molecule is CCCCOCCOCCN=C(N)NCCc1ccccn1. The summed E-state index contributed by atoms with van der Waals surface area (Å²) in [7, 11) is 0. The van der Waals surface area contributed by atoms with E-state index in [0.29, 0.717) is 32.3 Å². The highest BCUT2D eigenvalue weighted by Crippen LogP contribution is 1.92. The number of hydrogen-bond donors (Lipinski definition) is 2. The van der Waals surface area contributed by atoms with Gasteiger partial charge in [-0.1, -0.05) is 19.4 Å². The average Bonchev–Trinajstić information content (AvgIpc) is 2.54. The van der Waals surface area contributed by atoms with Gasteiger partial charge in [-0.3, -0.25) is 9.98 Å². The Hall–Kier alpha value is -1.66. The van der Waals surface area contributed by atoms with Gasteiger partial charge >= 0.3 is 0 Å². The number of nitrogens with one attached hydrogen (secondary N) is 1. The van der Waals surface area contributed by atoms with Crippen LogP contribution in [-0.4, -0.2) is 50.5 Å². The molecule has 124 valence electrons. The maximum absolute atomic E-state index is 5.77. The second-order valence-electron chi connectivity index (χ2n) is 4.84. The molecular weight excluding hydrogens is 280 g/mol. The Kier molecular flexibility index (Phi) is 10.9. The molecule has 0 bridgehead atoms. The van der Waals surface area contributed by atoms with Crippen molar-refractivity contribution < 1.29 is 9.47 Å². The minimum atomic E-state index is 0.443. The number of hydrogen-bond acceptors (Lipinski definition) is 4. The molecule has 0 atom stereocenters. The molecule has 0 amide bonds. The van der Waals surface area contributed by atoms with Gasteiger partial charge in [-0.2, -0.15) is 0 Å². The molecule has 1 aromatic rings. The number of rotatable bonds is 12. The lowest BCUT2D eigenvalue weighted by Gasteiger charge is -2.06. The second kappa shape index (κ2) is 13.0. The maximum Gasteiger partial charge on any atom is 0.188 e. The summed E-state index contributed by atoms with van der Waals surface area (Å²) in [4.78, 5) is 8.45. The first-order chi connectivity index (χ1) is 10.8. The van der Waals surface area contributed by atoms with Crippen LogP contribution in [0.25, 0.3) is 0 Å². The van der Waals surface area contributed by atoms with Crippen LogP contribution < -0.4 is 11.1 Å². The van der Waals surface area contributed by atoms with Crippen molar-refractivity contribution in [2.75, 3.05) is 39.5 Å². The van der Waals surface area contributed by atoms with Gasteiger partial charge in [-0.15, -0.1) is 0 Å². The van der Waals surface area contributed by atoms with Crippen LogP contribution >= 0.6 is 0 Å². The van der Waals surface area contributed by atoms with Gasteiger partial charge in [-0.05, 0) is 18.6 Å². The fraction of sp³-hybridized carbons (Fsp3) is 0.625. The Morgan fingerprint density at radius 1 is 1.23 bits per heavy atom. The number of aromatic nitrogens is 1. The molecule has 0 fully saturated rings. The highest BCUT2D eigenvalue weighted by Gasteiger charge is 1.95. The van der Waals surface area contributed by atoms with Crippen molar-refractivity contribution >= 4 is 5.96 Å². The molecule has 0 saturated carbocycles. The standard InChI is InChI=1S/C16H28N4O2/c1-2-3-11-21-13-14-22-12-10-20-16(17)19-9-7-15-6-4-5-8-18-15/h4-6,8H,2-3,7,9-14H2,1H3,(H3,17,19,20). The molecule has 1 rings (SSSR count). The summed E-state index contributed by atoms with van der Waals surface area (Å²) in [6.07, 6.45) is 4.87. The monoisotopic (exact) mass is 308 g/mol. The molecule has 0 aliphatic carbocycles. The van der Waals surface area contributed by atoms with Gasteiger partial charge < -0.3 is 20.5 Å². The molecule has 0 saturated heterocycles. The van der Waals surface area contributed by atoms with Crippen molar-refractivity contribution in [2.24, 2.45) is 10.7 Å². The molecule has 3 N–H and O–H groups in total. The molecule has 6 nitrogen and oxygen atoms in total. The fourth-order valence-corrected chi connectivity index (χ4v) is 1.72. The normalized spacial score (nSPS) is 11.6. The van der Waals surface area contributed by atoms with E-state index in [4.69, 9.17) is 15.2 Å².